The highest BCUT2D eigenvalue weighted by Crippen LogP contribution is 2.17. The maximum absolute atomic E-state index is 12.0. The van der Waals surface area contributed by atoms with E-state index in [1.165, 1.54) is 0 Å². The van der Waals surface area contributed by atoms with E-state index in [0.29, 0.717) is 6.61 Å². The summed E-state index contributed by atoms with van der Waals surface area (Å²) in [6, 6.07) is 7.92. The van der Waals surface area contributed by atoms with Gasteiger partial charge in [-0.25, -0.2) is 0 Å². The van der Waals surface area contributed by atoms with Crippen molar-refractivity contribution in [3.8, 4) is 0 Å². The molecule has 1 N–H and O–H groups in total. The van der Waals surface area contributed by atoms with Gasteiger partial charge in [0.2, 0.25) is 0 Å². The van der Waals surface area contributed by atoms with E-state index in [9.17, 15) is 4.79 Å². The molecule has 2 aromatic rings. The van der Waals surface area contributed by atoms with Crippen LogP contribution in [-0.4, -0.2) is 18.2 Å². The summed E-state index contributed by atoms with van der Waals surface area (Å²) in [4.78, 5) is 15.0. The number of aromatic nitrogens is 1. The lowest BCUT2D eigenvalue weighted by molar-refractivity contribution is 0.145. The molecular weight excluding hydrogens is 226 g/mol. The summed E-state index contributed by atoms with van der Waals surface area (Å²) >= 11 is 0. The van der Waals surface area contributed by atoms with Crippen LogP contribution < -0.4 is 5.56 Å². The summed E-state index contributed by atoms with van der Waals surface area (Å²) in [6.07, 6.45) is 1.65. The van der Waals surface area contributed by atoms with Gasteiger partial charge in [-0.1, -0.05) is 18.2 Å². The van der Waals surface area contributed by atoms with Crippen LogP contribution in [0.1, 0.15) is 24.5 Å². The van der Waals surface area contributed by atoms with Crippen molar-refractivity contribution >= 4 is 10.9 Å². The fourth-order valence-corrected chi connectivity index (χ4v) is 2.25. The number of rotatable bonds is 5. The Bertz CT molecular complexity index is 587. The van der Waals surface area contributed by atoms with Gasteiger partial charge in [0.1, 0.15) is 0 Å². The predicted molar refractivity (Wildman–Crippen MR) is 74.1 cm³/mol. The first-order chi connectivity index (χ1) is 8.74. The molecule has 0 aliphatic carbocycles. The quantitative estimate of drug-likeness (QED) is 0.823. The first-order valence-corrected chi connectivity index (χ1v) is 6.42. The molecule has 0 unspecified atom stereocenters. The smallest absolute Gasteiger partial charge is 0.251 e. The maximum atomic E-state index is 12.0. The molecule has 1 heterocycles. The summed E-state index contributed by atoms with van der Waals surface area (Å²) in [5, 5.41) is 1.13. The lowest BCUT2D eigenvalue weighted by Gasteiger charge is -2.08. The molecule has 2 rings (SSSR count). The molecule has 0 fully saturated rings. The standard InChI is InChI=1S/C15H19NO2/c1-3-18-10-6-8-13-11(2)12-7-4-5-9-14(12)16-15(13)17/h4-5,7,9H,3,6,8,10H2,1-2H3,(H,16,17). The number of benzene rings is 1. The van der Waals surface area contributed by atoms with Crippen molar-refractivity contribution in [1.82, 2.24) is 4.98 Å². The molecule has 1 aromatic heterocycles. The molecule has 0 aliphatic rings. The Kier molecular flexibility index (Phi) is 4.15. The minimum absolute atomic E-state index is 0.0303. The third-order valence-electron chi connectivity index (χ3n) is 3.23. The predicted octanol–water partition coefficient (Wildman–Crippen LogP) is 2.81. The van der Waals surface area contributed by atoms with Crippen LogP contribution in [0.15, 0.2) is 29.1 Å². The second-order valence-corrected chi connectivity index (χ2v) is 4.40. The normalized spacial score (nSPS) is 11.0. The van der Waals surface area contributed by atoms with Crippen LogP contribution in [-0.2, 0) is 11.2 Å². The number of aromatic amines is 1. The minimum Gasteiger partial charge on any atom is -0.382 e. The molecule has 0 saturated carbocycles. The Labute approximate surface area is 107 Å². The zero-order chi connectivity index (χ0) is 13.0. The Morgan fingerprint density at radius 2 is 2.06 bits per heavy atom. The van der Waals surface area contributed by atoms with E-state index in [0.717, 1.165) is 41.5 Å². The summed E-state index contributed by atoms with van der Waals surface area (Å²) in [5.41, 5.74) is 2.91. The molecule has 0 amide bonds. The Hall–Kier alpha value is -1.61. The van der Waals surface area contributed by atoms with Gasteiger partial charge in [0, 0.05) is 29.7 Å². The van der Waals surface area contributed by atoms with Gasteiger partial charge in [-0.2, -0.15) is 0 Å². The average molecular weight is 245 g/mol. The largest absolute Gasteiger partial charge is 0.382 e. The SMILES string of the molecule is CCOCCCc1c(C)c2ccccc2[nH]c1=O. The second kappa shape index (κ2) is 5.83. The fraction of sp³-hybridized carbons (Fsp3) is 0.400. The third-order valence-corrected chi connectivity index (χ3v) is 3.23. The highest BCUT2D eigenvalue weighted by atomic mass is 16.5. The molecule has 1 aromatic carbocycles. The number of nitrogens with one attached hydrogen (secondary N) is 1. The van der Waals surface area contributed by atoms with Gasteiger partial charge in [0.05, 0.1) is 0 Å². The molecule has 0 bridgehead atoms. The van der Waals surface area contributed by atoms with Crippen molar-refractivity contribution in [3.63, 3.8) is 0 Å². The third kappa shape index (κ3) is 2.62. The van der Waals surface area contributed by atoms with E-state index >= 15 is 0 Å². The number of hydrogen-bond acceptors (Lipinski definition) is 2. The molecule has 0 atom stereocenters. The molecule has 3 nitrogen and oxygen atoms in total. The van der Waals surface area contributed by atoms with Crippen molar-refractivity contribution in [2.75, 3.05) is 13.2 Å². The van der Waals surface area contributed by atoms with E-state index in [2.05, 4.69) is 4.98 Å². The minimum atomic E-state index is 0.0303. The van der Waals surface area contributed by atoms with E-state index < -0.39 is 0 Å². The Morgan fingerprint density at radius 3 is 2.83 bits per heavy atom. The first kappa shape index (κ1) is 12.8. The van der Waals surface area contributed by atoms with Crippen molar-refractivity contribution < 1.29 is 4.74 Å². The number of pyridine rings is 1. The first-order valence-electron chi connectivity index (χ1n) is 6.42. The molecule has 0 radical (unpaired) electrons. The number of ether oxygens (including phenoxy) is 1. The van der Waals surface area contributed by atoms with E-state index in [1.807, 2.05) is 38.1 Å². The van der Waals surface area contributed by atoms with Crippen molar-refractivity contribution in [3.05, 3.63) is 45.7 Å². The molecule has 3 heteroatoms. The highest BCUT2D eigenvalue weighted by Gasteiger charge is 2.08. The molecular formula is C15H19NO2. The summed E-state index contributed by atoms with van der Waals surface area (Å²) in [5.74, 6) is 0. The van der Waals surface area contributed by atoms with Crippen molar-refractivity contribution in [1.29, 1.82) is 0 Å². The van der Waals surface area contributed by atoms with Crippen LogP contribution in [0.2, 0.25) is 0 Å². The van der Waals surface area contributed by atoms with Gasteiger partial charge >= 0.3 is 0 Å². The van der Waals surface area contributed by atoms with Crippen LogP contribution in [0, 0.1) is 6.92 Å². The monoisotopic (exact) mass is 245 g/mol. The van der Waals surface area contributed by atoms with E-state index in [-0.39, 0.29) is 5.56 Å². The number of para-hydroxylation sites is 1. The van der Waals surface area contributed by atoms with Gasteiger partial charge in [-0.3, -0.25) is 4.79 Å². The van der Waals surface area contributed by atoms with Crippen LogP contribution >= 0.6 is 0 Å². The van der Waals surface area contributed by atoms with Crippen LogP contribution in [0.5, 0.6) is 0 Å². The van der Waals surface area contributed by atoms with Crippen LogP contribution in [0.3, 0.4) is 0 Å². The lowest BCUT2D eigenvalue weighted by atomic mass is 10.0. The summed E-state index contributed by atoms with van der Waals surface area (Å²) < 4.78 is 5.31. The number of fused-ring (bicyclic) bond motifs is 1. The molecule has 18 heavy (non-hydrogen) atoms. The molecule has 0 saturated heterocycles. The Morgan fingerprint density at radius 1 is 1.28 bits per heavy atom. The average Bonchev–Trinajstić information content (AvgIpc) is 2.38. The van der Waals surface area contributed by atoms with Gasteiger partial charge in [0.15, 0.2) is 0 Å². The number of hydrogen-bond donors (Lipinski definition) is 1. The number of H-pyrrole nitrogens is 1. The van der Waals surface area contributed by atoms with E-state index in [4.69, 9.17) is 4.74 Å². The second-order valence-electron chi connectivity index (χ2n) is 4.40. The van der Waals surface area contributed by atoms with Gasteiger partial charge in [-0.15, -0.1) is 0 Å². The summed E-state index contributed by atoms with van der Waals surface area (Å²) in [6.45, 7) is 5.44. The fourth-order valence-electron chi connectivity index (χ4n) is 2.25. The molecule has 0 aliphatic heterocycles. The van der Waals surface area contributed by atoms with Gasteiger partial charge < -0.3 is 9.72 Å². The van der Waals surface area contributed by atoms with Gasteiger partial charge in [-0.05, 0) is 38.3 Å². The van der Waals surface area contributed by atoms with E-state index in [1.54, 1.807) is 0 Å². The summed E-state index contributed by atoms with van der Waals surface area (Å²) in [7, 11) is 0. The lowest BCUT2D eigenvalue weighted by Crippen LogP contribution is -2.15. The van der Waals surface area contributed by atoms with Crippen LogP contribution in [0.4, 0.5) is 0 Å². The number of aryl methyl sites for hydroxylation is 1. The van der Waals surface area contributed by atoms with Crippen molar-refractivity contribution in [2.24, 2.45) is 0 Å². The zero-order valence-electron chi connectivity index (χ0n) is 11.0. The zero-order valence-corrected chi connectivity index (χ0v) is 11.0. The highest BCUT2D eigenvalue weighted by molar-refractivity contribution is 5.82. The van der Waals surface area contributed by atoms with Crippen LogP contribution in [0.25, 0.3) is 10.9 Å². The molecule has 96 valence electrons. The molecule has 0 spiro atoms. The maximum Gasteiger partial charge on any atom is 0.251 e. The van der Waals surface area contributed by atoms with Crippen molar-refractivity contribution in [2.45, 2.75) is 26.7 Å². The van der Waals surface area contributed by atoms with Gasteiger partial charge in [0.25, 0.3) is 5.56 Å². The Balaban J connectivity index is 2.30. The topological polar surface area (TPSA) is 42.1 Å².